The molecule has 0 heterocycles. The summed E-state index contributed by atoms with van der Waals surface area (Å²) < 4.78 is 169. The summed E-state index contributed by atoms with van der Waals surface area (Å²) >= 11 is 0. The monoisotopic (exact) mass is 382 g/mol. The van der Waals surface area contributed by atoms with Crippen LogP contribution in [0.2, 0.25) is 0 Å². The fourth-order valence-corrected chi connectivity index (χ4v) is 2.26. The van der Waals surface area contributed by atoms with Crippen LogP contribution in [0.1, 0.15) is 0 Å². The van der Waals surface area contributed by atoms with E-state index in [2.05, 4.69) is 0 Å². The van der Waals surface area contributed by atoms with E-state index in [-0.39, 0.29) is 0 Å². The van der Waals surface area contributed by atoms with Crippen molar-refractivity contribution in [3.63, 3.8) is 0 Å². The quantitative estimate of drug-likeness (QED) is 0.602. The molecule has 1 N–H and O–H groups in total. The minimum absolute atomic E-state index is 6.45. The zero-order chi connectivity index (χ0) is 18.6. The van der Waals surface area contributed by atoms with E-state index in [0.29, 0.717) is 0 Å². The van der Waals surface area contributed by atoms with Crippen molar-refractivity contribution >= 4 is 10.1 Å². The van der Waals surface area contributed by atoms with Gasteiger partial charge < -0.3 is 0 Å². The summed E-state index contributed by atoms with van der Waals surface area (Å²) in [5.41, 5.74) is 0. The highest BCUT2D eigenvalue weighted by Gasteiger charge is 2.89. The average Bonchev–Trinajstić information content (AvgIpc) is 2.08. The van der Waals surface area contributed by atoms with Crippen molar-refractivity contribution in [3.8, 4) is 0 Å². The highest BCUT2D eigenvalue weighted by molar-refractivity contribution is 7.87. The lowest BCUT2D eigenvalue weighted by molar-refractivity contribution is -0.349. The summed E-state index contributed by atoms with van der Waals surface area (Å²) in [7, 11) is -7.89. The molecule has 0 aromatic carbocycles. The second kappa shape index (κ2) is 5.04. The number of rotatable bonds is 3. The summed E-state index contributed by atoms with van der Waals surface area (Å²) in [5, 5.41) is 0. The van der Waals surface area contributed by atoms with Crippen LogP contribution in [0.15, 0.2) is 0 Å². The molecular weight excluding hydrogens is 380 g/mol. The molecule has 16 heteroatoms. The van der Waals surface area contributed by atoms with Crippen LogP contribution in [-0.2, 0) is 10.1 Å². The standard InChI is InChI=1S/C6H2F12O3S/c7-1(3(8,9)6(16,17)18)2(4(10,11)12,5(13,14)15)22(19,20)21/h1H,(H,19,20,21). The van der Waals surface area contributed by atoms with Gasteiger partial charge in [-0.15, -0.1) is 0 Å². The Morgan fingerprint density at radius 3 is 1.09 bits per heavy atom. The van der Waals surface area contributed by atoms with E-state index in [1.54, 1.807) is 0 Å². The van der Waals surface area contributed by atoms with Crippen LogP contribution in [0, 0.1) is 0 Å². The molecule has 0 rings (SSSR count). The SMILES string of the molecule is O=S(=O)(O)C(C(F)C(F)(F)C(F)(F)F)(C(F)(F)F)C(F)(F)F. The molecule has 0 aliphatic heterocycles. The van der Waals surface area contributed by atoms with Crippen molar-refractivity contribution in [1.82, 2.24) is 0 Å². The maximum absolute atomic E-state index is 13.0. The maximum atomic E-state index is 13.0. The van der Waals surface area contributed by atoms with Crippen molar-refractivity contribution in [3.05, 3.63) is 0 Å². The van der Waals surface area contributed by atoms with Gasteiger partial charge in [-0.05, 0) is 0 Å². The Bertz CT molecular complexity index is 496. The molecule has 0 bridgehead atoms. The molecule has 134 valence electrons. The molecule has 0 radical (unpaired) electrons. The van der Waals surface area contributed by atoms with Gasteiger partial charge in [-0.3, -0.25) is 4.55 Å². The lowest BCUT2D eigenvalue weighted by Crippen LogP contribution is -2.72. The van der Waals surface area contributed by atoms with Gasteiger partial charge >= 0.3 is 29.2 Å². The molecule has 0 amide bonds. The summed E-state index contributed by atoms with van der Waals surface area (Å²) in [5.74, 6) is -7.39. The lowest BCUT2D eigenvalue weighted by atomic mass is 9.95. The summed E-state index contributed by atoms with van der Waals surface area (Å²) in [6, 6.07) is 0. The van der Waals surface area contributed by atoms with Gasteiger partial charge in [0.15, 0.2) is 0 Å². The molecule has 3 nitrogen and oxygen atoms in total. The first-order chi connectivity index (χ1) is 9.15. The van der Waals surface area contributed by atoms with E-state index in [1.165, 1.54) is 0 Å². The Morgan fingerprint density at radius 1 is 0.682 bits per heavy atom. The minimum Gasteiger partial charge on any atom is -0.284 e. The van der Waals surface area contributed by atoms with Crippen molar-refractivity contribution in [2.75, 3.05) is 0 Å². The predicted octanol–water partition coefficient (Wildman–Crippen LogP) is 3.27. The van der Waals surface area contributed by atoms with Crippen LogP contribution >= 0.6 is 0 Å². The van der Waals surface area contributed by atoms with Gasteiger partial charge in [0.1, 0.15) is 0 Å². The molecule has 0 saturated carbocycles. The molecular formula is C6H2F12O3S. The molecule has 22 heavy (non-hydrogen) atoms. The molecule has 0 fully saturated rings. The molecule has 0 aromatic heterocycles. The first-order valence-corrected chi connectivity index (χ1v) is 5.78. The summed E-state index contributed by atoms with van der Waals surface area (Å²) in [6.45, 7) is 0. The maximum Gasteiger partial charge on any atom is 0.456 e. The lowest BCUT2D eigenvalue weighted by Gasteiger charge is -2.39. The van der Waals surface area contributed by atoms with E-state index >= 15 is 0 Å². The van der Waals surface area contributed by atoms with Gasteiger partial charge in [0.2, 0.25) is 6.17 Å². The Morgan fingerprint density at radius 2 is 0.955 bits per heavy atom. The van der Waals surface area contributed by atoms with Crippen LogP contribution in [0.4, 0.5) is 52.7 Å². The Hall–Kier alpha value is -0.930. The summed E-state index contributed by atoms with van der Waals surface area (Å²) in [4.78, 5) is 0. The van der Waals surface area contributed by atoms with Crippen molar-refractivity contribution < 1.29 is 65.7 Å². The number of halogens is 12. The molecule has 1 atom stereocenters. The third-order valence-electron chi connectivity index (χ3n) is 2.30. The Kier molecular flexibility index (Phi) is 4.82. The largest absolute Gasteiger partial charge is 0.456 e. The first-order valence-electron chi connectivity index (χ1n) is 4.34. The van der Waals surface area contributed by atoms with E-state index < -0.39 is 45.5 Å². The molecule has 0 spiro atoms. The average molecular weight is 382 g/mol. The highest BCUT2D eigenvalue weighted by Crippen LogP contribution is 2.57. The molecule has 0 aliphatic rings. The zero-order valence-corrected chi connectivity index (χ0v) is 10.1. The third kappa shape index (κ3) is 2.81. The topological polar surface area (TPSA) is 54.4 Å². The Balaban J connectivity index is 6.88. The van der Waals surface area contributed by atoms with Crippen LogP contribution in [-0.4, -0.2) is 48.3 Å². The van der Waals surface area contributed by atoms with Crippen LogP contribution in [0.25, 0.3) is 0 Å². The minimum atomic E-state index is -7.89. The fourth-order valence-electron chi connectivity index (χ4n) is 1.27. The number of alkyl halides is 12. The number of hydrogen-bond donors (Lipinski definition) is 1. The van der Waals surface area contributed by atoms with Gasteiger partial charge in [-0.25, -0.2) is 4.39 Å². The fraction of sp³-hybridized carbons (Fsp3) is 1.00. The van der Waals surface area contributed by atoms with E-state index in [0.717, 1.165) is 0 Å². The molecule has 0 aromatic rings. The van der Waals surface area contributed by atoms with Gasteiger partial charge in [0.05, 0.1) is 0 Å². The van der Waals surface area contributed by atoms with Crippen molar-refractivity contribution in [2.45, 2.75) is 35.4 Å². The molecule has 0 aliphatic carbocycles. The van der Waals surface area contributed by atoms with Crippen molar-refractivity contribution in [2.24, 2.45) is 0 Å². The third-order valence-corrected chi connectivity index (χ3v) is 3.79. The van der Waals surface area contributed by atoms with Crippen LogP contribution in [0.5, 0.6) is 0 Å². The van der Waals surface area contributed by atoms with Gasteiger partial charge in [-0.1, -0.05) is 0 Å². The predicted molar refractivity (Wildman–Crippen MR) is 42.3 cm³/mol. The molecule has 1 unspecified atom stereocenters. The second-order valence-corrected chi connectivity index (χ2v) is 5.28. The van der Waals surface area contributed by atoms with Gasteiger partial charge in [0, 0.05) is 0 Å². The highest BCUT2D eigenvalue weighted by atomic mass is 32.2. The van der Waals surface area contributed by atoms with Gasteiger partial charge in [-0.2, -0.15) is 56.7 Å². The van der Waals surface area contributed by atoms with E-state index in [4.69, 9.17) is 4.55 Å². The van der Waals surface area contributed by atoms with E-state index in [1.807, 2.05) is 0 Å². The normalized spacial score (nSPS) is 17.5. The number of hydrogen-bond acceptors (Lipinski definition) is 2. The smallest absolute Gasteiger partial charge is 0.284 e. The molecule has 0 saturated heterocycles. The zero-order valence-electron chi connectivity index (χ0n) is 9.28. The second-order valence-electron chi connectivity index (χ2n) is 3.69. The van der Waals surface area contributed by atoms with Crippen molar-refractivity contribution in [1.29, 1.82) is 0 Å². The van der Waals surface area contributed by atoms with Crippen LogP contribution in [0.3, 0.4) is 0 Å². The van der Waals surface area contributed by atoms with Gasteiger partial charge in [0.25, 0.3) is 10.1 Å². The Labute approximate surface area is 112 Å². The summed E-state index contributed by atoms with van der Waals surface area (Å²) in [6.07, 6.45) is -28.9. The first kappa shape index (κ1) is 21.1. The van der Waals surface area contributed by atoms with Crippen LogP contribution < -0.4 is 0 Å². The van der Waals surface area contributed by atoms with E-state index in [9.17, 15) is 61.1 Å².